The van der Waals surface area contributed by atoms with E-state index in [1.165, 1.54) is 17.3 Å². The number of hydrogen-bond donors (Lipinski definition) is 2. The third kappa shape index (κ3) is 3.84. The minimum absolute atomic E-state index is 0.107. The van der Waals surface area contributed by atoms with Crippen molar-refractivity contribution in [3.05, 3.63) is 72.4 Å². The Morgan fingerprint density at radius 2 is 2.00 bits per heavy atom. The molecule has 8 nitrogen and oxygen atoms in total. The highest BCUT2D eigenvalue weighted by atomic mass is 16.5. The molecule has 0 spiro atoms. The van der Waals surface area contributed by atoms with E-state index in [0.29, 0.717) is 18.0 Å². The summed E-state index contributed by atoms with van der Waals surface area (Å²) in [6.45, 7) is 0.495. The van der Waals surface area contributed by atoms with Crippen LogP contribution in [0.1, 0.15) is 17.0 Å². The zero-order valence-electron chi connectivity index (χ0n) is 16.8. The number of methoxy groups -OCH3 is 2. The molecule has 0 fully saturated rings. The Bertz CT molecular complexity index is 1140. The molecule has 4 rings (SSSR count). The van der Waals surface area contributed by atoms with Gasteiger partial charge in [0.2, 0.25) is 5.91 Å². The predicted octanol–water partition coefficient (Wildman–Crippen LogP) is 2.72. The number of rotatable bonds is 8. The van der Waals surface area contributed by atoms with Crippen LogP contribution in [0.15, 0.2) is 61.3 Å². The van der Waals surface area contributed by atoms with Crippen LogP contribution in [0, 0.1) is 0 Å². The molecule has 2 N–H and O–H groups in total. The number of nitrogens with zero attached hydrogens (tertiary/aromatic N) is 3. The van der Waals surface area contributed by atoms with Gasteiger partial charge in [0.1, 0.15) is 19.2 Å². The highest BCUT2D eigenvalue weighted by Gasteiger charge is 2.24. The zero-order valence-corrected chi connectivity index (χ0v) is 16.8. The van der Waals surface area contributed by atoms with Crippen molar-refractivity contribution in [2.45, 2.75) is 12.5 Å². The van der Waals surface area contributed by atoms with Gasteiger partial charge in [0.25, 0.3) is 0 Å². The fraction of sp³-hybridized carbons (Fsp3) is 0.227. The summed E-state index contributed by atoms with van der Waals surface area (Å²) in [5, 5.41) is 8.10. The standard InChI is InChI=1S/C22H23N5O3/c1-29-20-9-5-7-16(22(20)30-2)18(11-25-21(28)12-27-14-23-13-26-27)17-10-24-19-8-4-3-6-15(17)19/h3-10,13-14,18,24H,11-12H2,1-2H3,(H,25,28). The third-order valence-corrected chi connectivity index (χ3v) is 5.08. The first-order valence-corrected chi connectivity index (χ1v) is 9.57. The Morgan fingerprint density at radius 1 is 1.13 bits per heavy atom. The molecule has 0 saturated carbocycles. The van der Waals surface area contributed by atoms with E-state index in [4.69, 9.17) is 9.47 Å². The minimum atomic E-state index is -0.147. The van der Waals surface area contributed by atoms with Crippen molar-refractivity contribution >= 4 is 16.8 Å². The maximum atomic E-state index is 12.5. The molecule has 0 aliphatic heterocycles. The van der Waals surface area contributed by atoms with Crippen LogP contribution in [0.4, 0.5) is 0 Å². The lowest BCUT2D eigenvalue weighted by molar-refractivity contribution is -0.121. The van der Waals surface area contributed by atoms with E-state index in [-0.39, 0.29) is 18.4 Å². The van der Waals surface area contributed by atoms with Gasteiger partial charge in [-0.2, -0.15) is 5.10 Å². The number of ether oxygens (including phenoxy) is 2. The first-order chi connectivity index (χ1) is 14.7. The highest BCUT2D eigenvalue weighted by molar-refractivity contribution is 5.84. The molecule has 8 heteroatoms. The van der Waals surface area contributed by atoms with Crippen molar-refractivity contribution in [1.29, 1.82) is 0 Å². The molecular weight excluding hydrogens is 382 g/mol. The summed E-state index contributed by atoms with van der Waals surface area (Å²) in [4.78, 5) is 19.7. The van der Waals surface area contributed by atoms with Crippen molar-refractivity contribution in [2.24, 2.45) is 0 Å². The first kappa shape index (κ1) is 19.5. The molecule has 4 aromatic rings. The summed E-state index contributed by atoms with van der Waals surface area (Å²) >= 11 is 0. The second-order valence-electron chi connectivity index (χ2n) is 6.82. The van der Waals surface area contributed by atoms with E-state index < -0.39 is 0 Å². The SMILES string of the molecule is COc1cccc(C(CNC(=O)Cn2cncn2)c2c[nH]c3ccccc23)c1OC. The number of carbonyl (C=O) groups is 1. The molecular formula is C22H23N5O3. The van der Waals surface area contributed by atoms with Crippen molar-refractivity contribution in [3.63, 3.8) is 0 Å². The molecule has 30 heavy (non-hydrogen) atoms. The van der Waals surface area contributed by atoms with Gasteiger partial charge < -0.3 is 19.8 Å². The summed E-state index contributed by atoms with van der Waals surface area (Å²) in [6.07, 6.45) is 4.91. The van der Waals surface area contributed by atoms with E-state index >= 15 is 0 Å². The number of amides is 1. The largest absolute Gasteiger partial charge is 0.493 e. The summed E-state index contributed by atoms with van der Waals surface area (Å²) in [7, 11) is 3.24. The summed E-state index contributed by atoms with van der Waals surface area (Å²) in [5.74, 6) is 1.01. The quantitative estimate of drug-likeness (QED) is 0.470. The van der Waals surface area contributed by atoms with Gasteiger partial charge in [-0.05, 0) is 17.7 Å². The summed E-state index contributed by atoms with van der Waals surface area (Å²) in [6, 6.07) is 13.9. The van der Waals surface area contributed by atoms with Gasteiger partial charge in [0.05, 0.1) is 14.2 Å². The van der Waals surface area contributed by atoms with Gasteiger partial charge in [0, 0.05) is 35.1 Å². The average Bonchev–Trinajstić information content (AvgIpc) is 3.44. The Kier molecular flexibility index (Phi) is 5.65. The number of para-hydroxylation sites is 2. The van der Waals surface area contributed by atoms with Gasteiger partial charge in [-0.3, -0.25) is 4.79 Å². The number of carbonyl (C=O) groups excluding carboxylic acids is 1. The Hall–Kier alpha value is -3.81. The predicted molar refractivity (Wildman–Crippen MR) is 113 cm³/mol. The lowest BCUT2D eigenvalue weighted by Gasteiger charge is -2.22. The van der Waals surface area contributed by atoms with Crippen LogP contribution in [-0.2, 0) is 11.3 Å². The molecule has 1 amide bonds. The number of H-pyrrole nitrogens is 1. The molecule has 0 saturated heterocycles. The molecule has 154 valence electrons. The summed E-state index contributed by atoms with van der Waals surface area (Å²) < 4.78 is 12.7. The minimum Gasteiger partial charge on any atom is -0.493 e. The van der Waals surface area contributed by atoms with Gasteiger partial charge in [-0.15, -0.1) is 0 Å². The maximum absolute atomic E-state index is 12.5. The average molecular weight is 405 g/mol. The molecule has 2 heterocycles. The summed E-state index contributed by atoms with van der Waals surface area (Å²) in [5.41, 5.74) is 3.04. The van der Waals surface area contributed by atoms with E-state index in [9.17, 15) is 4.79 Å². The van der Waals surface area contributed by atoms with Crippen molar-refractivity contribution in [1.82, 2.24) is 25.1 Å². The second kappa shape index (κ2) is 8.69. The Labute approximate surface area is 173 Å². The number of aromatic nitrogens is 4. The van der Waals surface area contributed by atoms with Crippen molar-refractivity contribution < 1.29 is 14.3 Å². The van der Waals surface area contributed by atoms with Gasteiger partial charge in [0.15, 0.2) is 11.5 Å². The van der Waals surface area contributed by atoms with E-state index in [1.54, 1.807) is 14.2 Å². The van der Waals surface area contributed by atoms with E-state index in [1.807, 2.05) is 42.6 Å². The smallest absolute Gasteiger partial charge is 0.241 e. The maximum Gasteiger partial charge on any atom is 0.241 e. The Morgan fingerprint density at radius 3 is 2.77 bits per heavy atom. The molecule has 0 bridgehead atoms. The zero-order chi connectivity index (χ0) is 20.9. The molecule has 0 aliphatic carbocycles. The van der Waals surface area contributed by atoms with Crippen LogP contribution >= 0.6 is 0 Å². The molecule has 0 aliphatic rings. The van der Waals surface area contributed by atoms with Gasteiger partial charge in [-0.25, -0.2) is 9.67 Å². The first-order valence-electron chi connectivity index (χ1n) is 9.57. The number of nitrogens with one attached hydrogen (secondary N) is 2. The van der Waals surface area contributed by atoms with E-state index in [0.717, 1.165) is 22.0 Å². The highest BCUT2D eigenvalue weighted by Crippen LogP contribution is 2.40. The van der Waals surface area contributed by atoms with Crippen LogP contribution in [0.25, 0.3) is 10.9 Å². The second-order valence-corrected chi connectivity index (χ2v) is 6.82. The van der Waals surface area contributed by atoms with Crippen LogP contribution < -0.4 is 14.8 Å². The van der Waals surface area contributed by atoms with Gasteiger partial charge >= 0.3 is 0 Å². The van der Waals surface area contributed by atoms with E-state index in [2.05, 4.69) is 26.4 Å². The third-order valence-electron chi connectivity index (χ3n) is 5.08. The number of aromatic amines is 1. The lowest BCUT2D eigenvalue weighted by Crippen LogP contribution is -2.32. The van der Waals surface area contributed by atoms with Crippen LogP contribution in [0.3, 0.4) is 0 Å². The van der Waals surface area contributed by atoms with Crippen LogP contribution in [-0.4, -0.2) is 46.4 Å². The monoisotopic (exact) mass is 405 g/mol. The number of hydrogen-bond acceptors (Lipinski definition) is 5. The molecule has 0 radical (unpaired) electrons. The fourth-order valence-electron chi connectivity index (χ4n) is 3.69. The fourth-order valence-corrected chi connectivity index (χ4v) is 3.69. The number of benzene rings is 2. The lowest BCUT2D eigenvalue weighted by atomic mass is 9.90. The topological polar surface area (TPSA) is 94.1 Å². The van der Waals surface area contributed by atoms with Crippen molar-refractivity contribution in [2.75, 3.05) is 20.8 Å². The van der Waals surface area contributed by atoms with Crippen molar-refractivity contribution in [3.8, 4) is 11.5 Å². The molecule has 1 unspecified atom stereocenters. The van der Waals surface area contributed by atoms with Crippen LogP contribution in [0.2, 0.25) is 0 Å². The van der Waals surface area contributed by atoms with Gasteiger partial charge in [-0.1, -0.05) is 30.3 Å². The normalized spacial score (nSPS) is 11.9. The molecule has 2 aromatic carbocycles. The van der Waals surface area contributed by atoms with Crippen LogP contribution in [0.5, 0.6) is 11.5 Å². The molecule has 1 atom stereocenters. The Balaban J connectivity index is 1.69. The molecule has 2 aromatic heterocycles. The number of fused-ring (bicyclic) bond motifs is 1.